The third-order valence-electron chi connectivity index (χ3n) is 4.12. The van der Waals surface area contributed by atoms with E-state index >= 15 is 0 Å². The summed E-state index contributed by atoms with van der Waals surface area (Å²) in [5.41, 5.74) is 2.47. The number of carbonyl (C=O) groups excluding carboxylic acids is 2. The van der Waals surface area contributed by atoms with Crippen molar-refractivity contribution in [2.45, 2.75) is 20.8 Å². The lowest BCUT2D eigenvalue weighted by Crippen LogP contribution is -2.38. The number of amides is 1. The van der Waals surface area contributed by atoms with E-state index < -0.39 is 28.4 Å². The Bertz CT molecular complexity index is 1020. The summed E-state index contributed by atoms with van der Waals surface area (Å²) in [6.45, 7) is 5.07. The van der Waals surface area contributed by atoms with Gasteiger partial charge in [-0.1, -0.05) is 29.8 Å². The molecular formula is C20H23ClN2O5S. The predicted octanol–water partition coefficient (Wildman–Crippen LogP) is 3.54. The number of halogens is 1. The van der Waals surface area contributed by atoms with Gasteiger partial charge < -0.3 is 10.1 Å². The standard InChI is InChI=1S/C20H23ClN2O5S/c1-5-28-20(25)16-10-9-15(11-17(16)21)22-18(24)12-23(29(4,26)27)19-13(2)7-6-8-14(19)3/h6-11H,5,12H2,1-4H3,(H,22,24). The van der Waals surface area contributed by atoms with Crippen LogP contribution in [0.1, 0.15) is 28.4 Å². The third-order valence-corrected chi connectivity index (χ3v) is 5.55. The molecule has 0 aliphatic carbocycles. The lowest BCUT2D eigenvalue weighted by Gasteiger charge is -2.25. The molecule has 2 aromatic rings. The number of aryl methyl sites for hydroxylation is 2. The highest BCUT2D eigenvalue weighted by Gasteiger charge is 2.24. The molecule has 0 radical (unpaired) electrons. The Labute approximate surface area is 175 Å². The normalized spacial score (nSPS) is 11.1. The average Bonchev–Trinajstić information content (AvgIpc) is 2.60. The van der Waals surface area contributed by atoms with Gasteiger partial charge in [-0.15, -0.1) is 0 Å². The number of ether oxygens (including phenoxy) is 1. The van der Waals surface area contributed by atoms with Crippen molar-refractivity contribution in [3.05, 3.63) is 58.1 Å². The van der Waals surface area contributed by atoms with Gasteiger partial charge in [0, 0.05) is 5.69 Å². The molecule has 0 aliphatic rings. The molecular weight excluding hydrogens is 416 g/mol. The summed E-state index contributed by atoms with van der Waals surface area (Å²) in [5, 5.41) is 2.73. The number of rotatable bonds is 7. The second-order valence-corrected chi connectivity index (χ2v) is 8.79. The largest absolute Gasteiger partial charge is 0.462 e. The Morgan fingerprint density at radius 2 is 1.76 bits per heavy atom. The van der Waals surface area contributed by atoms with Crippen LogP contribution >= 0.6 is 11.6 Å². The van der Waals surface area contributed by atoms with Crippen LogP contribution in [-0.2, 0) is 19.6 Å². The second kappa shape index (κ2) is 9.28. The first-order valence-electron chi connectivity index (χ1n) is 8.85. The van der Waals surface area contributed by atoms with E-state index in [4.69, 9.17) is 16.3 Å². The number of sulfonamides is 1. The van der Waals surface area contributed by atoms with Gasteiger partial charge in [-0.3, -0.25) is 9.10 Å². The van der Waals surface area contributed by atoms with Gasteiger partial charge in [-0.2, -0.15) is 0 Å². The van der Waals surface area contributed by atoms with Crippen LogP contribution in [0.25, 0.3) is 0 Å². The van der Waals surface area contributed by atoms with Crippen molar-refractivity contribution < 1.29 is 22.7 Å². The number of benzene rings is 2. The second-order valence-electron chi connectivity index (χ2n) is 6.47. The predicted molar refractivity (Wildman–Crippen MR) is 114 cm³/mol. The molecule has 0 unspecified atom stereocenters. The number of anilines is 2. The summed E-state index contributed by atoms with van der Waals surface area (Å²) in [6.07, 6.45) is 1.05. The Balaban J connectivity index is 2.24. The molecule has 1 amide bonds. The fourth-order valence-corrected chi connectivity index (χ4v) is 4.09. The summed E-state index contributed by atoms with van der Waals surface area (Å²) < 4.78 is 30.6. The molecule has 2 aromatic carbocycles. The number of esters is 1. The molecule has 0 bridgehead atoms. The number of hydrogen-bond donors (Lipinski definition) is 1. The van der Waals surface area contributed by atoms with Gasteiger partial charge in [0.15, 0.2) is 0 Å². The van der Waals surface area contributed by atoms with Gasteiger partial charge in [0.1, 0.15) is 6.54 Å². The molecule has 1 N–H and O–H groups in total. The van der Waals surface area contributed by atoms with E-state index in [0.717, 1.165) is 21.7 Å². The van der Waals surface area contributed by atoms with Crippen molar-refractivity contribution >= 4 is 44.9 Å². The van der Waals surface area contributed by atoms with Gasteiger partial charge in [0.05, 0.1) is 29.1 Å². The molecule has 0 spiro atoms. The van der Waals surface area contributed by atoms with Crippen molar-refractivity contribution in [2.75, 3.05) is 29.0 Å². The van der Waals surface area contributed by atoms with Gasteiger partial charge in [0.2, 0.25) is 15.9 Å². The minimum Gasteiger partial charge on any atom is -0.462 e. The SMILES string of the molecule is CCOC(=O)c1ccc(NC(=O)CN(c2c(C)cccc2C)S(C)(=O)=O)cc1Cl. The molecule has 9 heteroatoms. The van der Waals surface area contributed by atoms with Crippen LogP contribution in [0, 0.1) is 13.8 Å². The number of para-hydroxylation sites is 1. The summed E-state index contributed by atoms with van der Waals surface area (Å²) in [4.78, 5) is 24.4. The highest BCUT2D eigenvalue weighted by Crippen LogP contribution is 2.27. The maximum absolute atomic E-state index is 12.5. The zero-order chi connectivity index (χ0) is 21.8. The highest BCUT2D eigenvalue weighted by atomic mass is 35.5. The molecule has 7 nitrogen and oxygen atoms in total. The monoisotopic (exact) mass is 438 g/mol. The van der Waals surface area contributed by atoms with Gasteiger partial charge in [-0.25, -0.2) is 13.2 Å². The highest BCUT2D eigenvalue weighted by molar-refractivity contribution is 7.92. The van der Waals surface area contributed by atoms with Crippen molar-refractivity contribution in [3.8, 4) is 0 Å². The van der Waals surface area contributed by atoms with E-state index in [2.05, 4.69) is 5.32 Å². The molecule has 0 heterocycles. The van der Waals surface area contributed by atoms with Gasteiger partial charge in [0.25, 0.3) is 0 Å². The van der Waals surface area contributed by atoms with Crippen LogP contribution in [0.2, 0.25) is 5.02 Å². The van der Waals surface area contributed by atoms with Crippen LogP contribution in [-0.4, -0.2) is 39.7 Å². The fourth-order valence-electron chi connectivity index (χ4n) is 2.86. The van der Waals surface area contributed by atoms with Crippen molar-refractivity contribution in [3.63, 3.8) is 0 Å². The smallest absolute Gasteiger partial charge is 0.339 e. The fraction of sp³-hybridized carbons (Fsp3) is 0.300. The average molecular weight is 439 g/mol. The van der Waals surface area contributed by atoms with E-state index in [-0.39, 0.29) is 17.2 Å². The molecule has 0 fully saturated rings. The third kappa shape index (κ3) is 5.71. The zero-order valence-electron chi connectivity index (χ0n) is 16.7. The van der Waals surface area contributed by atoms with Crippen LogP contribution in [0.15, 0.2) is 36.4 Å². The van der Waals surface area contributed by atoms with E-state index in [1.807, 2.05) is 6.07 Å². The van der Waals surface area contributed by atoms with Gasteiger partial charge in [-0.05, 0) is 50.1 Å². The molecule has 0 atom stereocenters. The van der Waals surface area contributed by atoms with Crippen molar-refractivity contribution in [2.24, 2.45) is 0 Å². The molecule has 0 saturated carbocycles. The van der Waals surface area contributed by atoms with Crippen LogP contribution < -0.4 is 9.62 Å². The lowest BCUT2D eigenvalue weighted by atomic mass is 10.1. The van der Waals surface area contributed by atoms with Crippen LogP contribution in [0.5, 0.6) is 0 Å². The molecule has 156 valence electrons. The Morgan fingerprint density at radius 1 is 1.14 bits per heavy atom. The topological polar surface area (TPSA) is 92.8 Å². The first kappa shape index (κ1) is 22.7. The summed E-state index contributed by atoms with van der Waals surface area (Å²) >= 11 is 6.10. The maximum Gasteiger partial charge on any atom is 0.339 e. The van der Waals surface area contributed by atoms with E-state index in [1.54, 1.807) is 32.9 Å². The maximum atomic E-state index is 12.5. The van der Waals surface area contributed by atoms with Crippen LogP contribution in [0.3, 0.4) is 0 Å². The Hall–Kier alpha value is -2.58. The number of hydrogen-bond acceptors (Lipinski definition) is 5. The summed E-state index contributed by atoms with van der Waals surface area (Å²) in [5.74, 6) is -1.10. The molecule has 2 rings (SSSR count). The first-order valence-corrected chi connectivity index (χ1v) is 11.1. The molecule has 0 aliphatic heterocycles. The molecule has 29 heavy (non-hydrogen) atoms. The molecule has 0 aromatic heterocycles. The summed E-state index contributed by atoms with van der Waals surface area (Å²) in [7, 11) is -3.70. The minimum absolute atomic E-state index is 0.121. The van der Waals surface area contributed by atoms with Crippen molar-refractivity contribution in [1.29, 1.82) is 0 Å². The first-order chi connectivity index (χ1) is 13.5. The zero-order valence-corrected chi connectivity index (χ0v) is 18.2. The Morgan fingerprint density at radius 3 is 2.28 bits per heavy atom. The van der Waals surface area contributed by atoms with E-state index in [0.29, 0.717) is 11.4 Å². The quantitative estimate of drug-likeness (QED) is 0.667. The van der Waals surface area contributed by atoms with E-state index in [9.17, 15) is 18.0 Å². The number of nitrogens with one attached hydrogen (secondary N) is 1. The number of carbonyl (C=O) groups is 2. The van der Waals surface area contributed by atoms with Crippen LogP contribution in [0.4, 0.5) is 11.4 Å². The van der Waals surface area contributed by atoms with E-state index in [1.165, 1.54) is 18.2 Å². The molecule has 0 saturated heterocycles. The van der Waals surface area contributed by atoms with Gasteiger partial charge >= 0.3 is 5.97 Å². The Kier molecular flexibility index (Phi) is 7.26. The summed E-state index contributed by atoms with van der Waals surface area (Å²) in [6, 6.07) is 9.74. The number of nitrogens with zero attached hydrogens (tertiary/aromatic N) is 1. The lowest BCUT2D eigenvalue weighted by molar-refractivity contribution is -0.114. The minimum atomic E-state index is -3.70. The van der Waals surface area contributed by atoms with Crippen molar-refractivity contribution in [1.82, 2.24) is 0 Å².